The van der Waals surface area contributed by atoms with Crippen molar-refractivity contribution in [2.24, 2.45) is 0 Å². The maximum absolute atomic E-state index is 12.6. The van der Waals surface area contributed by atoms with Crippen molar-refractivity contribution in [3.63, 3.8) is 0 Å². The molecule has 4 aliphatic rings. The predicted octanol–water partition coefficient (Wildman–Crippen LogP) is 3.58. The highest BCUT2D eigenvalue weighted by molar-refractivity contribution is 5.89. The standard InChI is InChI=1S/C26H37N3O5/c30-15-23-25-21(13-19(33-23)14-24(31)27-16-8-4-5-9-16)20-12-18(10-11-22(20)34-25)29-26(32)28-17-6-2-1-3-7-17/h10-12,16-17,19,21,23,25,30H,1-9,13-15H2,(H,27,31)(H2,28,29,32)/t19-,21+,23-,25-/m0/s1. The number of benzene rings is 1. The summed E-state index contributed by atoms with van der Waals surface area (Å²) in [4.78, 5) is 25.1. The van der Waals surface area contributed by atoms with Gasteiger partial charge in [0, 0.05) is 29.3 Å². The smallest absolute Gasteiger partial charge is 0.319 e. The number of carbonyl (C=O) groups is 2. The molecule has 34 heavy (non-hydrogen) atoms. The Morgan fingerprint density at radius 3 is 2.41 bits per heavy atom. The molecule has 186 valence electrons. The molecule has 2 saturated carbocycles. The molecule has 2 heterocycles. The van der Waals surface area contributed by atoms with E-state index < -0.39 is 6.10 Å². The van der Waals surface area contributed by atoms with Crippen LogP contribution in [0.1, 0.15) is 82.1 Å². The predicted molar refractivity (Wildman–Crippen MR) is 128 cm³/mol. The van der Waals surface area contributed by atoms with Gasteiger partial charge in [-0.25, -0.2) is 4.79 Å². The van der Waals surface area contributed by atoms with E-state index in [0.29, 0.717) is 6.42 Å². The summed E-state index contributed by atoms with van der Waals surface area (Å²) in [5.74, 6) is 0.778. The van der Waals surface area contributed by atoms with Crippen LogP contribution in [0.15, 0.2) is 18.2 Å². The van der Waals surface area contributed by atoms with Crippen molar-refractivity contribution in [3.05, 3.63) is 23.8 Å². The van der Waals surface area contributed by atoms with Crippen molar-refractivity contribution in [1.82, 2.24) is 10.6 Å². The second kappa shape index (κ2) is 10.5. The largest absolute Gasteiger partial charge is 0.487 e. The van der Waals surface area contributed by atoms with E-state index in [1.807, 2.05) is 18.2 Å². The van der Waals surface area contributed by atoms with Crippen molar-refractivity contribution in [1.29, 1.82) is 0 Å². The normalized spacial score (nSPS) is 29.1. The number of amides is 3. The quantitative estimate of drug-likeness (QED) is 0.507. The van der Waals surface area contributed by atoms with E-state index in [1.54, 1.807) is 0 Å². The third-order valence-corrected chi connectivity index (χ3v) is 7.83. The van der Waals surface area contributed by atoms with E-state index in [4.69, 9.17) is 9.47 Å². The van der Waals surface area contributed by atoms with E-state index in [2.05, 4.69) is 16.0 Å². The van der Waals surface area contributed by atoms with Gasteiger partial charge in [-0.05, 0) is 50.3 Å². The molecule has 1 saturated heterocycles. The molecular formula is C26H37N3O5. The zero-order valence-electron chi connectivity index (χ0n) is 19.8. The molecule has 2 aliphatic carbocycles. The number of hydrogen-bond acceptors (Lipinski definition) is 5. The molecule has 3 amide bonds. The van der Waals surface area contributed by atoms with Gasteiger partial charge in [-0.1, -0.05) is 32.1 Å². The number of nitrogens with one attached hydrogen (secondary N) is 3. The van der Waals surface area contributed by atoms with Gasteiger partial charge in [-0.15, -0.1) is 0 Å². The molecule has 8 heteroatoms. The first-order chi connectivity index (χ1) is 16.6. The molecule has 0 aromatic heterocycles. The first-order valence-electron chi connectivity index (χ1n) is 13.0. The number of aliphatic hydroxyl groups is 1. The van der Waals surface area contributed by atoms with Gasteiger partial charge in [0.15, 0.2) is 0 Å². The van der Waals surface area contributed by atoms with Crippen molar-refractivity contribution in [3.8, 4) is 5.75 Å². The number of ether oxygens (including phenoxy) is 2. The monoisotopic (exact) mass is 471 g/mol. The molecule has 0 bridgehead atoms. The molecular weight excluding hydrogens is 434 g/mol. The highest BCUT2D eigenvalue weighted by Gasteiger charge is 2.46. The summed E-state index contributed by atoms with van der Waals surface area (Å²) in [6.45, 7) is -0.162. The summed E-state index contributed by atoms with van der Waals surface area (Å²) in [6, 6.07) is 6.03. The Morgan fingerprint density at radius 1 is 0.971 bits per heavy atom. The van der Waals surface area contributed by atoms with Gasteiger partial charge in [0.05, 0.1) is 19.1 Å². The summed E-state index contributed by atoms with van der Waals surface area (Å²) < 4.78 is 12.2. The maximum Gasteiger partial charge on any atom is 0.319 e. The van der Waals surface area contributed by atoms with E-state index >= 15 is 0 Å². The Kier molecular flexibility index (Phi) is 7.25. The van der Waals surface area contributed by atoms with Crippen LogP contribution >= 0.6 is 0 Å². The Labute approximate surface area is 201 Å². The van der Waals surface area contributed by atoms with Crippen LogP contribution in [0.5, 0.6) is 5.75 Å². The second-order valence-corrected chi connectivity index (χ2v) is 10.3. The number of aliphatic hydroxyl groups excluding tert-OH is 1. The fraction of sp³-hybridized carbons (Fsp3) is 0.692. The minimum absolute atomic E-state index is 0.00772. The van der Waals surface area contributed by atoms with Gasteiger partial charge >= 0.3 is 6.03 Å². The van der Waals surface area contributed by atoms with Crippen LogP contribution in [0, 0.1) is 0 Å². The van der Waals surface area contributed by atoms with Crippen molar-refractivity contribution >= 4 is 17.6 Å². The SMILES string of the molecule is O=C(C[C@@H]1C[C@@H]2c3cc(NC(=O)NC4CCCCC4)ccc3O[C@@H]2[C@H](CO)O1)NC1CCCC1. The Balaban J connectivity index is 1.23. The number of anilines is 1. The number of urea groups is 1. The molecule has 4 N–H and O–H groups in total. The molecule has 0 radical (unpaired) electrons. The molecule has 5 rings (SSSR count). The lowest BCUT2D eigenvalue weighted by Crippen LogP contribution is -2.47. The van der Waals surface area contributed by atoms with Crippen LogP contribution in [-0.4, -0.2) is 54.0 Å². The first-order valence-corrected chi connectivity index (χ1v) is 13.0. The van der Waals surface area contributed by atoms with Gasteiger partial charge in [0.1, 0.15) is 18.0 Å². The molecule has 8 nitrogen and oxygen atoms in total. The Bertz CT molecular complexity index is 881. The van der Waals surface area contributed by atoms with E-state index in [9.17, 15) is 14.7 Å². The summed E-state index contributed by atoms with van der Waals surface area (Å²) in [5, 5.41) is 19.2. The van der Waals surface area contributed by atoms with Gasteiger partial charge in [-0.3, -0.25) is 4.79 Å². The molecule has 1 aromatic rings. The topological polar surface area (TPSA) is 109 Å². The number of fused-ring (bicyclic) bond motifs is 3. The third kappa shape index (κ3) is 5.33. The van der Waals surface area contributed by atoms with Crippen LogP contribution in [0.2, 0.25) is 0 Å². The van der Waals surface area contributed by atoms with Gasteiger partial charge < -0.3 is 30.5 Å². The molecule has 0 spiro atoms. The highest BCUT2D eigenvalue weighted by atomic mass is 16.6. The Hall–Kier alpha value is -2.32. The maximum atomic E-state index is 12.6. The van der Waals surface area contributed by atoms with Crippen LogP contribution in [0.4, 0.5) is 10.5 Å². The fourth-order valence-electron chi connectivity index (χ4n) is 6.13. The number of carbonyl (C=O) groups excluding carboxylic acids is 2. The number of rotatable bonds is 6. The summed E-state index contributed by atoms with van der Waals surface area (Å²) in [6.07, 6.45) is 9.96. The molecule has 3 fully saturated rings. The highest BCUT2D eigenvalue weighted by Crippen LogP contribution is 2.47. The molecule has 4 atom stereocenters. The van der Waals surface area contributed by atoms with Crippen LogP contribution in [0.25, 0.3) is 0 Å². The summed E-state index contributed by atoms with van der Waals surface area (Å²) in [5.41, 5.74) is 1.72. The second-order valence-electron chi connectivity index (χ2n) is 10.3. The zero-order valence-corrected chi connectivity index (χ0v) is 19.8. The van der Waals surface area contributed by atoms with Crippen molar-refractivity contribution in [2.75, 3.05) is 11.9 Å². The zero-order chi connectivity index (χ0) is 23.5. The summed E-state index contributed by atoms with van der Waals surface area (Å²) in [7, 11) is 0. The minimum atomic E-state index is -0.485. The lowest BCUT2D eigenvalue weighted by Gasteiger charge is -2.37. The first kappa shape index (κ1) is 23.4. The molecule has 1 aromatic carbocycles. The van der Waals surface area contributed by atoms with E-state index in [0.717, 1.165) is 55.5 Å². The van der Waals surface area contributed by atoms with Gasteiger partial charge in [-0.2, -0.15) is 0 Å². The van der Waals surface area contributed by atoms with Gasteiger partial charge in [0.2, 0.25) is 5.91 Å². The Morgan fingerprint density at radius 2 is 1.68 bits per heavy atom. The van der Waals surface area contributed by atoms with Gasteiger partial charge in [0.25, 0.3) is 0 Å². The minimum Gasteiger partial charge on any atom is -0.487 e. The lowest BCUT2D eigenvalue weighted by atomic mass is 9.84. The van der Waals surface area contributed by atoms with Crippen molar-refractivity contribution in [2.45, 2.75) is 107 Å². The lowest BCUT2D eigenvalue weighted by molar-refractivity contribution is -0.142. The average molecular weight is 472 g/mol. The molecule has 2 aliphatic heterocycles. The van der Waals surface area contributed by atoms with Crippen molar-refractivity contribution < 1.29 is 24.2 Å². The van der Waals surface area contributed by atoms with E-state index in [-0.39, 0.29) is 55.2 Å². The van der Waals surface area contributed by atoms with Crippen LogP contribution in [0.3, 0.4) is 0 Å². The third-order valence-electron chi connectivity index (χ3n) is 7.83. The van der Waals surface area contributed by atoms with E-state index in [1.165, 1.54) is 19.3 Å². The van der Waals surface area contributed by atoms with Crippen LogP contribution < -0.4 is 20.7 Å². The summed E-state index contributed by atoms with van der Waals surface area (Å²) >= 11 is 0. The molecule has 0 unspecified atom stereocenters. The fourth-order valence-corrected chi connectivity index (χ4v) is 6.13. The van der Waals surface area contributed by atoms with Crippen LogP contribution in [-0.2, 0) is 9.53 Å². The number of hydrogen-bond donors (Lipinski definition) is 4. The average Bonchev–Trinajstić information content (AvgIpc) is 3.46.